The van der Waals surface area contributed by atoms with E-state index in [1.165, 1.54) is 11.1 Å². The molecule has 0 saturated carbocycles. The Labute approximate surface area is 282 Å². The van der Waals surface area contributed by atoms with Crippen LogP contribution in [-0.2, 0) is 0 Å². The molecule has 0 aliphatic carbocycles. The van der Waals surface area contributed by atoms with Crippen molar-refractivity contribution in [3.05, 3.63) is 176 Å². The first-order valence-corrected chi connectivity index (χ1v) is 16.6. The Kier molecular flexibility index (Phi) is 6.18. The first-order valence-electron chi connectivity index (χ1n) is 16.6. The van der Waals surface area contributed by atoms with Crippen LogP contribution in [0.5, 0.6) is 0 Å². The van der Waals surface area contributed by atoms with E-state index in [4.69, 9.17) is 8.83 Å². The summed E-state index contributed by atoms with van der Waals surface area (Å²) in [5.41, 5.74) is 11.4. The predicted molar refractivity (Wildman–Crippen MR) is 204 cm³/mol. The Morgan fingerprint density at radius 3 is 1.73 bits per heavy atom. The second-order valence-corrected chi connectivity index (χ2v) is 12.5. The maximum Gasteiger partial charge on any atom is 0.145 e. The van der Waals surface area contributed by atoms with Crippen molar-refractivity contribution in [2.75, 3.05) is 4.90 Å². The molecule has 2 aromatic heterocycles. The quantitative estimate of drug-likeness (QED) is 0.190. The highest BCUT2D eigenvalue weighted by Crippen LogP contribution is 2.45. The van der Waals surface area contributed by atoms with E-state index in [-0.39, 0.29) is 0 Å². The summed E-state index contributed by atoms with van der Waals surface area (Å²) in [6.45, 7) is 0. The third-order valence-electron chi connectivity index (χ3n) is 9.68. The highest BCUT2D eigenvalue weighted by Gasteiger charge is 2.20. The molecule has 0 spiro atoms. The summed E-state index contributed by atoms with van der Waals surface area (Å²) in [6, 6.07) is 62.0. The first kappa shape index (κ1) is 27.5. The summed E-state index contributed by atoms with van der Waals surface area (Å²) in [5.74, 6) is 0. The Hall–Kier alpha value is -6.58. The Morgan fingerprint density at radius 1 is 0.347 bits per heavy atom. The predicted octanol–water partition coefficient (Wildman–Crippen LogP) is 13.4. The topological polar surface area (TPSA) is 29.5 Å². The minimum Gasteiger partial charge on any atom is -0.456 e. The van der Waals surface area contributed by atoms with Gasteiger partial charge in [-0.1, -0.05) is 121 Å². The molecular formula is C46H29NO2. The van der Waals surface area contributed by atoms with Crippen molar-refractivity contribution in [2.45, 2.75) is 0 Å². The fourth-order valence-electron chi connectivity index (χ4n) is 7.39. The van der Waals surface area contributed by atoms with Gasteiger partial charge >= 0.3 is 0 Å². The molecule has 0 bridgehead atoms. The average Bonchev–Trinajstić information content (AvgIpc) is 3.75. The molecule has 3 heteroatoms. The Balaban J connectivity index is 1.17. The van der Waals surface area contributed by atoms with Crippen LogP contribution >= 0.6 is 0 Å². The van der Waals surface area contributed by atoms with Gasteiger partial charge in [0.2, 0.25) is 0 Å². The third-order valence-corrected chi connectivity index (χ3v) is 9.68. The Bertz CT molecular complexity index is 2810. The van der Waals surface area contributed by atoms with E-state index >= 15 is 0 Å². The van der Waals surface area contributed by atoms with Crippen LogP contribution in [0.4, 0.5) is 17.1 Å². The SMILES string of the molecule is c1ccc(-c2ccc(N(c3ccc(-c4cccc5oc6ccccc6c45)cc3)c3cccc4ccc5c6ccccc6oc5c34)cc2)cc1. The van der Waals surface area contributed by atoms with Crippen molar-refractivity contribution in [1.82, 2.24) is 0 Å². The number of nitrogens with zero attached hydrogens (tertiary/aromatic N) is 1. The smallest absolute Gasteiger partial charge is 0.145 e. The summed E-state index contributed by atoms with van der Waals surface area (Å²) in [5, 5.41) is 6.72. The summed E-state index contributed by atoms with van der Waals surface area (Å²) >= 11 is 0. The van der Waals surface area contributed by atoms with Crippen LogP contribution in [0.15, 0.2) is 185 Å². The molecular weight excluding hydrogens is 599 g/mol. The molecule has 2 heterocycles. The number of anilines is 3. The van der Waals surface area contributed by atoms with Gasteiger partial charge in [0.1, 0.15) is 22.3 Å². The van der Waals surface area contributed by atoms with Crippen LogP contribution in [0.2, 0.25) is 0 Å². The van der Waals surface area contributed by atoms with Crippen LogP contribution in [-0.4, -0.2) is 0 Å². The van der Waals surface area contributed by atoms with Gasteiger partial charge in [-0.05, 0) is 82.2 Å². The average molecular weight is 628 g/mol. The lowest BCUT2D eigenvalue weighted by Crippen LogP contribution is -2.10. The molecule has 49 heavy (non-hydrogen) atoms. The van der Waals surface area contributed by atoms with Crippen molar-refractivity contribution in [3.8, 4) is 22.3 Å². The second kappa shape index (κ2) is 11.0. The lowest BCUT2D eigenvalue weighted by molar-refractivity contribution is 0.669. The van der Waals surface area contributed by atoms with Gasteiger partial charge < -0.3 is 13.7 Å². The normalized spacial score (nSPS) is 11.7. The number of benzene rings is 8. The molecule has 0 N–H and O–H groups in total. The molecule has 0 atom stereocenters. The first-order chi connectivity index (χ1) is 24.3. The minimum absolute atomic E-state index is 0.892. The van der Waals surface area contributed by atoms with Crippen LogP contribution in [0.3, 0.4) is 0 Å². The largest absolute Gasteiger partial charge is 0.456 e. The van der Waals surface area contributed by atoms with E-state index in [2.05, 4.69) is 150 Å². The van der Waals surface area contributed by atoms with Gasteiger partial charge in [-0.25, -0.2) is 0 Å². The molecule has 0 radical (unpaired) electrons. The molecule has 230 valence electrons. The van der Waals surface area contributed by atoms with Crippen LogP contribution in [0, 0.1) is 0 Å². The highest BCUT2D eigenvalue weighted by atomic mass is 16.3. The molecule has 8 aromatic carbocycles. The van der Waals surface area contributed by atoms with Crippen molar-refractivity contribution < 1.29 is 8.83 Å². The van der Waals surface area contributed by atoms with Crippen LogP contribution in [0.25, 0.3) is 76.9 Å². The molecule has 0 aliphatic rings. The van der Waals surface area contributed by atoms with Crippen molar-refractivity contribution in [1.29, 1.82) is 0 Å². The van der Waals surface area contributed by atoms with E-state index in [0.29, 0.717) is 0 Å². The van der Waals surface area contributed by atoms with E-state index in [1.807, 2.05) is 30.3 Å². The van der Waals surface area contributed by atoms with E-state index < -0.39 is 0 Å². The van der Waals surface area contributed by atoms with Gasteiger partial charge in [-0.15, -0.1) is 0 Å². The van der Waals surface area contributed by atoms with E-state index in [9.17, 15) is 0 Å². The molecule has 0 saturated heterocycles. The number of hydrogen-bond donors (Lipinski definition) is 0. The van der Waals surface area contributed by atoms with Gasteiger partial charge in [0.25, 0.3) is 0 Å². The lowest BCUT2D eigenvalue weighted by Gasteiger charge is -2.27. The molecule has 0 amide bonds. The Morgan fingerprint density at radius 2 is 0.959 bits per heavy atom. The summed E-state index contributed by atoms with van der Waals surface area (Å²) in [6.07, 6.45) is 0. The fourth-order valence-corrected chi connectivity index (χ4v) is 7.39. The van der Waals surface area contributed by atoms with Crippen LogP contribution < -0.4 is 4.90 Å². The van der Waals surface area contributed by atoms with Crippen molar-refractivity contribution in [3.63, 3.8) is 0 Å². The summed E-state index contributed by atoms with van der Waals surface area (Å²) in [4.78, 5) is 2.35. The monoisotopic (exact) mass is 627 g/mol. The molecule has 10 rings (SSSR count). The lowest BCUT2D eigenvalue weighted by atomic mass is 9.98. The number of hydrogen-bond acceptors (Lipinski definition) is 3. The minimum atomic E-state index is 0.892. The summed E-state index contributed by atoms with van der Waals surface area (Å²) < 4.78 is 12.8. The van der Waals surface area contributed by atoms with Gasteiger partial charge in [-0.3, -0.25) is 0 Å². The van der Waals surface area contributed by atoms with E-state index in [1.54, 1.807) is 0 Å². The highest BCUT2D eigenvalue weighted by molar-refractivity contribution is 6.19. The number of fused-ring (bicyclic) bond motifs is 8. The molecule has 10 aromatic rings. The van der Waals surface area contributed by atoms with Crippen molar-refractivity contribution >= 4 is 71.7 Å². The van der Waals surface area contributed by atoms with Gasteiger partial charge in [-0.2, -0.15) is 0 Å². The van der Waals surface area contributed by atoms with Gasteiger partial charge in [0, 0.05) is 38.3 Å². The number of rotatable bonds is 5. The second-order valence-electron chi connectivity index (χ2n) is 12.5. The maximum atomic E-state index is 6.62. The molecule has 0 fully saturated rings. The zero-order valence-electron chi connectivity index (χ0n) is 26.5. The number of furan rings is 2. The van der Waals surface area contributed by atoms with Gasteiger partial charge in [0.05, 0.1) is 5.69 Å². The van der Waals surface area contributed by atoms with E-state index in [0.717, 1.165) is 82.8 Å². The van der Waals surface area contributed by atoms with Crippen molar-refractivity contribution in [2.24, 2.45) is 0 Å². The number of para-hydroxylation sites is 2. The molecule has 3 nitrogen and oxygen atoms in total. The molecule has 0 unspecified atom stereocenters. The third kappa shape index (κ3) is 4.44. The van der Waals surface area contributed by atoms with Crippen LogP contribution in [0.1, 0.15) is 0 Å². The fraction of sp³-hybridized carbons (Fsp3) is 0. The maximum absolute atomic E-state index is 6.62. The standard InChI is InChI=1S/C46H29NO2/c1-2-10-30(11-3-1)31-20-25-34(26-21-31)47(40-16-8-12-33-24-29-38-37-13-4-6-17-41(37)49-46(38)44(33)40)35-27-22-32(23-28-35)36-15-9-19-43-45(36)39-14-5-7-18-42(39)48-43/h1-29H. The summed E-state index contributed by atoms with van der Waals surface area (Å²) in [7, 11) is 0. The zero-order chi connectivity index (χ0) is 32.3. The molecule has 0 aliphatic heterocycles. The zero-order valence-corrected chi connectivity index (χ0v) is 26.5. The van der Waals surface area contributed by atoms with Gasteiger partial charge in [0.15, 0.2) is 0 Å².